The van der Waals surface area contributed by atoms with Crippen molar-refractivity contribution in [1.82, 2.24) is 4.98 Å². The fourth-order valence-electron chi connectivity index (χ4n) is 1.50. The van der Waals surface area contributed by atoms with E-state index in [-0.39, 0.29) is 5.69 Å². The van der Waals surface area contributed by atoms with Crippen molar-refractivity contribution < 1.29 is 10.0 Å². The lowest BCUT2D eigenvalue weighted by Gasteiger charge is -2.09. The molecule has 0 saturated carbocycles. The molecule has 0 unspecified atom stereocenters. The first-order chi connectivity index (χ1) is 9.16. The van der Waals surface area contributed by atoms with Gasteiger partial charge >= 0.3 is 0 Å². The van der Waals surface area contributed by atoms with Crippen LogP contribution in [-0.2, 0) is 0 Å². The van der Waals surface area contributed by atoms with Crippen molar-refractivity contribution in [3.8, 4) is 0 Å². The summed E-state index contributed by atoms with van der Waals surface area (Å²) in [6.07, 6.45) is 0.639. The summed E-state index contributed by atoms with van der Waals surface area (Å²) in [6.45, 7) is 0. The Labute approximate surface area is 114 Å². The van der Waals surface area contributed by atoms with E-state index in [0.29, 0.717) is 10.8 Å². The first kappa shape index (κ1) is 13.5. The highest BCUT2D eigenvalue weighted by Gasteiger charge is 2.09. The van der Waals surface area contributed by atoms with Gasteiger partial charge in [0.25, 0.3) is 5.69 Å². The van der Waals surface area contributed by atoms with Crippen LogP contribution >= 0.6 is 11.8 Å². The number of nitro groups is 1. The number of nitrogens with zero attached hydrogens (tertiary/aromatic N) is 2. The lowest BCUT2D eigenvalue weighted by atomic mass is 10.1. The van der Waals surface area contributed by atoms with Gasteiger partial charge in [0, 0.05) is 11.8 Å². The van der Waals surface area contributed by atoms with E-state index in [0.717, 1.165) is 5.56 Å². The first-order valence-electron chi connectivity index (χ1n) is 5.63. The first-order valence-corrected chi connectivity index (χ1v) is 6.61. The number of hydrogen-bond acceptors (Lipinski definition) is 5. The van der Waals surface area contributed by atoms with E-state index in [1.165, 1.54) is 24.0 Å². The standard InChI is InChI=1S/C13H12N2O3S/c16-12(10-4-2-1-3-5-10)9-19-13-7-6-11(8-14-13)15(17)18/h1-8,12,16H,9H2/t12-/m0/s1. The van der Waals surface area contributed by atoms with Crippen LogP contribution in [0.3, 0.4) is 0 Å². The summed E-state index contributed by atoms with van der Waals surface area (Å²) in [5.41, 5.74) is 0.810. The molecule has 2 rings (SSSR count). The highest BCUT2D eigenvalue weighted by atomic mass is 32.2. The lowest BCUT2D eigenvalue weighted by molar-refractivity contribution is -0.385. The monoisotopic (exact) mass is 276 g/mol. The number of benzene rings is 1. The van der Waals surface area contributed by atoms with Gasteiger partial charge in [-0.3, -0.25) is 10.1 Å². The van der Waals surface area contributed by atoms with Crippen molar-refractivity contribution in [2.45, 2.75) is 11.1 Å². The molecule has 6 heteroatoms. The Bertz CT molecular complexity index is 546. The van der Waals surface area contributed by atoms with Crippen LogP contribution in [0.5, 0.6) is 0 Å². The zero-order chi connectivity index (χ0) is 13.7. The third-order valence-corrected chi connectivity index (χ3v) is 3.52. The Balaban J connectivity index is 1.93. The molecule has 0 fully saturated rings. The minimum absolute atomic E-state index is 0.0343. The Morgan fingerprint density at radius 2 is 2.00 bits per heavy atom. The van der Waals surface area contributed by atoms with Crippen LogP contribution in [0.25, 0.3) is 0 Å². The molecule has 1 heterocycles. The molecule has 0 aliphatic carbocycles. The third kappa shape index (κ3) is 3.77. The average molecular weight is 276 g/mol. The number of pyridine rings is 1. The second-order valence-electron chi connectivity index (χ2n) is 3.85. The molecule has 19 heavy (non-hydrogen) atoms. The van der Waals surface area contributed by atoms with Crippen LogP contribution in [0.2, 0.25) is 0 Å². The number of rotatable bonds is 5. The maximum absolute atomic E-state index is 10.5. The topological polar surface area (TPSA) is 76.3 Å². The molecular weight excluding hydrogens is 264 g/mol. The van der Waals surface area contributed by atoms with Gasteiger partial charge in [-0.15, -0.1) is 11.8 Å². The van der Waals surface area contributed by atoms with Gasteiger partial charge in [0.2, 0.25) is 0 Å². The molecule has 0 aliphatic rings. The largest absolute Gasteiger partial charge is 0.388 e. The summed E-state index contributed by atoms with van der Waals surface area (Å²) in [5, 5.41) is 21.1. The fraction of sp³-hybridized carbons (Fsp3) is 0.154. The van der Waals surface area contributed by atoms with Crippen molar-refractivity contribution in [1.29, 1.82) is 0 Å². The number of aromatic nitrogens is 1. The van der Waals surface area contributed by atoms with E-state index in [2.05, 4.69) is 4.98 Å². The normalized spacial score (nSPS) is 12.1. The molecule has 1 atom stereocenters. The Morgan fingerprint density at radius 3 is 2.58 bits per heavy atom. The lowest BCUT2D eigenvalue weighted by Crippen LogP contribution is -2.00. The SMILES string of the molecule is O=[N+]([O-])c1ccc(SC[C@H](O)c2ccccc2)nc1. The van der Waals surface area contributed by atoms with E-state index in [9.17, 15) is 15.2 Å². The summed E-state index contributed by atoms with van der Waals surface area (Å²) in [6, 6.07) is 12.3. The summed E-state index contributed by atoms with van der Waals surface area (Å²) in [7, 11) is 0. The molecule has 0 spiro atoms. The average Bonchev–Trinajstić information content (AvgIpc) is 2.46. The number of thioether (sulfide) groups is 1. The van der Waals surface area contributed by atoms with Crippen molar-refractivity contribution in [2.24, 2.45) is 0 Å². The number of aliphatic hydroxyl groups is 1. The van der Waals surface area contributed by atoms with Crippen LogP contribution < -0.4 is 0 Å². The molecule has 0 radical (unpaired) electrons. The second-order valence-corrected chi connectivity index (χ2v) is 4.89. The summed E-state index contributed by atoms with van der Waals surface area (Å²) in [5.74, 6) is 0.453. The maximum atomic E-state index is 10.5. The van der Waals surface area contributed by atoms with Gasteiger partial charge in [-0.25, -0.2) is 4.98 Å². The molecule has 1 aromatic heterocycles. The fourth-order valence-corrected chi connectivity index (χ4v) is 2.31. The molecular formula is C13H12N2O3S. The van der Waals surface area contributed by atoms with E-state index >= 15 is 0 Å². The highest BCUT2D eigenvalue weighted by molar-refractivity contribution is 7.99. The predicted octanol–water partition coefficient (Wildman–Crippen LogP) is 2.82. The van der Waals surface area contributed by atoms with E-state index < -0.39 is 11.0 Å². The maximum Gasteiger partial charge on any atom is 0.287 e. The molecule has 0 saturated heterocycles. The van der Waals surface area contributed by atoms with Gasteiger partial charge in [0.1, 0.15) is 6.20 Å². The summed E-state index contributed by atoms with van der Waals surface area (Å²) < 4.78 is 0. The molecule has 0 bridgehead atoms. The van der Waals surface area contributed by atoms with Crippen LogP contribution in [0.15, 0.2) is 53.7 Å². The summed E-state index contributed by atoms with van der Waals surface area (Å²) in [4.78, 5) is 14.0. The van der Waals surface area contributed by atoms with Crippen LogP contribution in [0.1, 0.15) is 11.7 Å². The van der Waals surface area contributed by atoms with E-state index in [1.807, 2.05) is 30.3 Å². The van der Waals surface area contributed by atoms with Crippen LogP contribution in [-0.4, -0.2) is 20.8 Å². The summed E-state index contributed by atoms with van der Waals surface area (Å²) >= 11 is 1.36. The quantitative estimate of drug-likeness (QED) is 0.516. The molecule has 1 aromatic carbocycles. The third-order valence-electron chi connectivity index (χ3n) is 2.50. The van der Waals surface area contributed by atoms with Crippen LogP contribution in [0, 0.1) is 10.1 Å². The smallest absolute Gasteiger partial charge is 0.287 e. The predicted molar refractivity (Wildman–Crippen MR) is 73.0 cm³/mol. The van der Waals surface area contributed by atoms with Gasteiger partial charge < -0.3 is 5.11 Å². The molecule has 5 nitrogen and oxygen atoms in total. The molecule has 2 aromatic rings. The number of aliphatic hydroxyl groups excluding tert-OH is 1. The Kier molecular flexibility index (Phi) is 4.48. The van der Waals surface area contributed by atoms with Gasteiger partial charge in [-0.05, 0) is 11.6 Å². The zero-order valence-corrected chi connectivity index (χ0v) is 10.8. The zero-order valence-electron chi connectivity index (χ0n) is 9.97. The van der Waals surface area contributed by atoms with Gasteiger partial charge in [0.15, 0.2) is 0 Å². The number of hydrogen-bond donors (Lipinski definition) is 1. The molecule has 98 valence electrons. The van der Waals surface area contributed by atoms with E-state index in [1.54, 1.807) is 6.07 Å². The van der Waals surface area contributed by atoms with E-state index in [4.69, 9.17) is 0 Å². The molecule has 0 aliphatic heterocycles. The molecule has 0 amide bonds. The van der Waals surface area contributed by atoms with Gasteiger partial charge in [-0.1, -0.05) is 30.3 Å². The Morgan fingerprint density at radius 1 is 1.26 bits per heavy atom. The molecule has 1 N–H and O–H groups in total. The van der Waals surface area contributed by atoms with Crippen molar-refractivity contribution in [3.05, 3.63) is 64.3 Å². The van der Waals surface area contributed by atoms with Crippen LogP contribution in [0.4, 0.5) is 5.69 Å². The van der Waals surface area contributed by atoms with Gasteiger partial charge in [-0.2, -0.15) is 0 Å². The van der Waals surface area contributed by atoms with Gasteiger partial charge in [0.05, 0.1) is 16.1 Å². The van der Waals surface area contributed by atoms with Crippen molar-refractivity contribution >= 4 is 17.4 Å². The highest BCUT2D eigenvalue weighted by Crippen LogP contribution is 2.24. The minimum Gasteiger partial charge on any atom is -0.388 e. The second kappa shape index (κ2) is 6.31. The Hall–Kier alpha value is -1.92. The minimum atomic E-state index is -0.580. The van der Waals surface area contributed by atoms with Crippen molar-refractivity contribution in [2.75, 3.05) is 5.75 Å². The van der Waals surface area contributed by atoms with Crippen molar-refractivity contribution in [3.63, 3.8) is 0 Å².